The second-order valence-electron chi connectivity index (χ2n) is 8.15. The summed E-state index contributed by atoms with van der Waals surface area (Å²) >= 11 is 0. The molecule has 2 atom stereocenters. The summed E-state index contributed by atoms with van der Waals surface area (Å²) in [7, 11) is -4.99. The number of hydrogen-bond donors (Lipinski definition) is 3. The van der Waals surface area contributed by atoms with Crippen molar-refractivity contribution in [2.24, 2.45) is 5.73 Å². The molecule has 0 aromatic heterocycles. The van der Waals surface area contributed by atoms with Crippen LogP contribution in [0.2, 0.25) is 0 Å². The highest BCUT2D eigenvalue weighted by molar-refractivity contribution is 7.80. The molecular formula is C18H24N4O9S. The molecule has 14 heteroatoms. The standard InChI is InChI=1S/C18H24N4O9S/c1-18(2,3)30-16(24)20-6-7-29-10-4-5-11-12(8-10)13-9-21(14(11)15(19)23)17(25)22(13)31-32(26,27)28/h4-5,8,13-14H,6-7,9H2,1-3H3,(H2,19,23)(H,20,24)(H,26,27,28)/t13-,14?/m1/s1. The number of urea groups is 1. The first-order chi connectivity index (χ1) is 14.8. The van der Waals surface area contributed by atoms with E-state index in [9.17, 15) is 22.8 Å². The number of hydroxylamine groups is 2. The van der Waals surface area contributed by atoms with E-state index in [1.807, 2.05) is 0 Å². The number of nitrogens with two attached hydrogens (primary N) is 1. The number of primary amides is 1. The van der Waals surface area contributed by atoms with Crippen molar-refractivity contribution in [3.05, 3.63) is 29.3 Å². The predicted octanol–water partition coefficient (Wildman–Crippen LogP) is 0.643. The molecule has 1 unspecified atom stereocenters. The van der Waals surface area contributed by atoms with Gasteiger partial charge in [-0.15, -0.1) is 4.28 Å². The summed E-state index contributed by atoms with van der Waals surface area (Å²) < 4.78 is 46.6. The normalized spacial score (nSPS) is 20.1. The fourth-order valence-corrected chi connectivity index (χ4v) is 3.89. The third-order valence-corrected chi connectivity index (χ3v) is 4.94. The highest BCUT2D eigenvalue weighted by Gasteiger charge is 2.51. The molecular weight excluding hydrogens is 448 g/mol. The van der Waals surface area contributed by atoms with E-state index in [2.05, 4.69) is 9.60 Å². The summed E-state index contributed by atoms with van der Waals surface area (Å²) in [5, 5.41) is 3.01. The van der Waals surface area contributed by atoms with Crippen LogP contribution < -0.4 is 15.8 Å². The second kappa shape index (κ2) is 8.44. The van der Waals surface area contributed by atoms with Gasteiger partial charge < -0.3 is 25.4 Å². The van der Waals surface area contributed by atoms with Gasteiger partial charge in [-0.25, -0.2) is 9.59 Å². The van der Waals surface area contributed by atoms with Crippen molar-refractivity contribution in [2.75, 3.05) is 19.7 Å². The monoisotopic (exact) mass is 472 g/mol. The number of nitrogens with one attached hydrogen (secondary N) is 1. The molecule has 1 aromatic rings. The summed E-state index contributed by atoms with van der Waals surface area (Å²) in [6.45, 7) is 5.35. The Bertz CT molecular complexity index is 1040. The van der Waals surface area contributed by atoms with Crippen molar-refractivity contribution in [1.29, 1.82) is 0 Å². The largest absolute Gasteiger partial charge is 0.492 e. The number of ether oxygens (including phenoxy) is 2. The Morgan fingerprint density at radius 2 is 1.97 bits per heavy atom. The number of rotatable bonds is 7. The third-order valence-electron chi connectivity index (χ3n) is 4.59. The van der Waals surface area contributed by atoms with Crippen LogP contribution in [0.15, 0.2) is 18.2 Å². The molecule has 1 fully saturated rings. The molecule has 2 heterocycles. The van der Waals surface area contributed by atoms with Crippen LogP contribution in [0.1, 0.15) is 44.0 Å². The molecule has 3 rings (SSSR count). The van der Waals surface area contributed by atoms with Crippen molar-refractivity contribution < 1.29 is 41.1 Å². The maximum absolute atomic E-state index is 12.6. The van der Waals surface area contributed by atoms with E-state index >= 15 is 0 Å². The molecule has 1 saturated heterocycles. The number of nitrogens with zero attached hydrogens (tertiary/aromatic N) is 2. The molecule has 176 valence electrons. The SMILES string of the molecule is CC(C)(C)OC(=O)NCCOc1ccc2c(c1)[C@H]1CN(C(=O)N1OS(=O)(=O)O)C2C(N)=O. The zero-order valence-corrected chi connectivity index (χ0v) is 18.4. The summed E-state index contributed by atoms with van der Waals surface area (Å²) in [6.07, 6.45) is -0.599. The van der Waals surface area contributed by atoms with E-state index in [1.54, 1.807) is 26.8 Å². The molecule has 0 aliphatic carbocycles. The quantitative estimate of drug-likeness (QED) is 0.379. The third kappa shape index (κ3) is 5.20. The summed E-state index contributed by atoms with van der Waals surface area (Å²) in [6, 6.07) is 1.58. The van der Waals surface area contributed by atoms with Gasteiger partial charge in [0.05, 0.1) is 13.1 Å². The topological polar surface area (TPSA) is 178 Å². The first kappa shape index (κ1) is 23.6. The number of benzene rings is 1. The van der Waals surface area contributed by atoms with E-state index in [0.29, 0.717) is 21.9 Å². The van der Waals surface area contributed by atoms with Crippen LogP contribution in [-0.4, -0.2) is 66.3 Å². The molecule has 0 saturated carbocycles. The molecule has 2 aliphatic rings. The van der Waals surface area contributed by atoms with Crippen molar-refractivity contribution in [3.63, 3.8) is 0 Å². The summed E-state index contributed by atoms with van der Waals surface area (Å²) in [4.78, 5) is 37.3. The fourth-order valence-electron chi connectivity index (χ4n) is 3.52. The van der Waals surface area contributed by atoms with Crippen LogP contribution in [0.3, 0.4) is 0 Å². The minimum absolute atomic E-state index is 0.0816. The Kier molecular flexibility index (Phi) is 6.22. The Labute approximate surface area is 184 Å². The molecule has 13 nitrogen and oxygen atoms in total. The van der Waals surface area contributed by atoms with Crippen LogP contribution >= 0.6 is 0 Å². The number of alkyl carbamates (subject to hydrolysis) is 1. The molecule has 0 radical (unpaired) electrons. The number of carbonyl (C=O) groups is 3. The Morgan fingerprint density at radius 3 is 2.56 bits per heavy atom. The van der Waals surface area contributed by atoms with Gasteiger partial charge in [-0.1, -0.05) is 6.07 Å². The van der Waals surface area contributed by atoms with Gasteiger partial charge in [-0.3, -0.25) is 9.35 Å². The number of hydrogen-bond acceptors (Lipinski definition) is 8. The van der Waals surface area contributed by atoms with Crippen molar-refractivity contribution in [1.82, 2.24) is 15.3 Å². The molecule has 1 aromatic carbocycles. The second-order valence-corrected chi connectivity index (χ2v) is 9.16. The zero-order chi connectivity index (χ0) is 23.8. The van der Waals surface area contributed by atoms with Crippen molar-refractivity contribution >= 4 is 28.4 Å². The van der Waals surface area contributed by atoms with Gasteiger partial charge in [-0.05, 0) is 44.0 Å². The van der Waals surface area contributed by atoms with Crippen LogP contribution in [0.25, 0.3) is 0 Å². The first-order valence-corrected chi connectivity index (χ1v) is 10.9. The van der Waals surface area contributed by atoms with Gasteiger partial charge >= 0.3 is 22.5 Å². The maximum atomic E-state index is 12.6. The number of fused-ring (bicyclic) bond motifs is 4. The van der Waals surface area contributed by atoms with Gasteiger partial charge in [0.15, 0.2) is 0 Å². The zero-order valence-electron chi connectivity index (χ0n) is 17.6. The molecule has 32 heavy (non-hydrogen) atoms. The number of carbonyl (C=O) groups excluding carboxylic acids is 3. The average Bonchev–Trinajstić information content (AvgIpc) is 2.89. The van der Waals surface area contributed by atoms with Gasteiger partial charge in [0.2, 0.25) is 5.91 Å². The smallest absolute Gasteiger partial charge is 0.418 e. The number of amides is 4. The minimum atomic E-state index is -4.99. The lowest BCUT2D eigenvalue weighted by Crippen LogP contribution is -2.41. The van der Waals surface area contributed by atoms with E-state index in [0.717, 1.165) is 4.90 Å². The van der Waals surface area contributed by atoms with Crippen LogP contribution in [0.5, 0.6) is 5.75 Å². The van der Waals surface area contributed by atoms with Crippen molar-refractivity contribution in [3.8, 4) is 5.75 Å². The highest BCUT2D eigenvalue weighted by atomic mass is 32.3. The lowest BCUT2D eigenvalue weighted by Gasteiger charge is -2.31. The molecule has 4 amide bonds. The van der Waals surface area contributed by atoms with Crippen LogP contribution in [-0.2, 0) is 24.2 Å². The Hall–Kier alpha value is -3.10. The highest BCUT2D eigenvalue weighted by Crippen LogP contribution is 2.45. The summed E-state index contributed by atoms with van der Waals surface area (Å²) in [5.74, 6) is -0.487. The molecule has 2 bridgehead atoms. The maximum Gasteiger partial charge on any atom is 0.418 e. The van der Waals surface area contributed by atoms with E-state index in [4.69, 9.17) is 19.8 Å². The summed E-state index contributed by atoms with van der Waals surface area (Å²) in [5.41, 5.74) is 5.58. The van der Waals surface area contributed by atoms with Crippen molar-refractivity contribution in [2.45, 2.75) is 38.5 Å². The molecule has 4 N–H and O–H groups in total. The Morgan fingerprint density at radius 1 is 1.28 bits per heavy atom. The first-order valence-electron chi connectivity index (χ1n) is 9.56. The van der Waals surface area contributed by atoms with Crippen LogP contribution in [0.4, 0.5) is 9.59 Å². The van der Waals surface area contributed by atoms with E-state index in [1.165, 1.54) is 12.1 Å². The van der Waals surface area contributed by atoms with E-state index < -0.39 is 46.1 Å². The van der Waals surface area contributed by atoms with Gasteiger partial charge in [0.1, 0.15) is 30.0 Å². The predicted molar refractivity (Wildman–Crippen MR) is 107 cm³/mol. The lowest BCUT2D eigenvalue weighted by atomic mass is 9.90. The van der Waals surface area contributed by atoms with Crippen LogP contribution in [0, 0.1) is 0 Å². The fraction of sp³-hybridized carbons (Fsp3) is 0.500. The molecule has 0 spiro atoms. The lowest BCUT2D eigenvalue weighted by molar-refractivity contribution is -0.122. The molecule has 2 aliphatic heterocycles. The van der Waals surface area contributed by atoms with Gasteiger partial charge in [0, 0.05) is 0 Å². The van der Waals surface area contributed by atoms with E-state index in [-0.39, 0.29) is 19.7 Å². The minimum Gasteiger partial charge on any atom is -0.492 e. The van der Waals surface area contributed by atoms with Gasteiger partial charge in [-0.2, -0.15) is 13.5 Å². The Balaban J connectivity index is 1.76. The van der Waals surface area contributed by atoms with Gasteiger partial charge in [0.25, 0.3) is 0 Å². The average molecular weight is 472 g/mol.